The molecule has 1 rings (SSSR count). The van der Waals surface area contributed by atoms with Crippen molar-refractivity contribution in [1.82, 2.24) is 10.2 Å². The fraction of sp³-hybridized carbons (Fsp3) is 0.500. The third-order valence-electron chi connectivity index (χ3n) is 2.49. The third-order valence-corrected chi connectivity index (χ3v) is 3.08. The van der Waals surface area contributed by atoms with E-state index in [9.17, 15) is 13.2 Å². The Balaban J connectivity index is 2.75. The molecule has 7 heteroatoms. The summed E-state index contributed by atoms with van der Waals surface area (Å²) >= 11 is 11.7. The van der Waals surface area contributed by atoms with E-state index in [4.69, 9.17) is 23.2 Å². The van der Waals surface area contributed by atoms with Crippen LogP contribution in [-0.4, -0.2) is 37.8 Å². The lowest BCUT2D eigenvalue weighted by molar-refractivity contribution is -0.146. The fourth-order valence-electron chi connectivity index (χ4n) is 1.63. The summed E-state index contributed by atoms with van der Waals surface area (Å²) in [7, 11) is 1.70. The average molecular weight is 315 g/mol. The summed E-state index contributed by atoms with van der Waals surface area (Å²) in [5.74, 6) is 0. The number of rotatable bonds is 6. The number of halogens is 5. The van der Waals surface area contributed by atoms with Crippen LogP contribution in [0.3, 0.4) is 0 Å². The summed E-state index contributed by atoms with van der Waals surface area (Å²) in [5.41, 5.74) is 0.631. The molecule has 0 aliphatic rings. The molecule has 0 heterocycles. The molecule has 0 atom stereocenters. The molecule has 0 amide bonds. The van der Waals surface area contributed by atoms with E-state index in [0.717, 1.165) is 0 Å². The quantitative estimate of drug-likeness (QED) is 0.863. The van der Waals surface area contributed by atoms with E-state index in [1.807, 2.05) is 0 Å². The van der Waals surface area contributed by atoms with Crippen molar-refractivity contribution < 1.29 is 13.2 Å². The van der Waals surface area contributed by atoms with E-state index in [1.54, 1.807) is 19.2 Å². The molecule has 0 fully saturated rings. The van der Waals surface area contributed by atoms with Crippen LogP contribution in [0.25, 0.3) is 0 Å². The summed E-state index contributed by atoms with van der Waals surface area (Å²) in [5, 5.41) is 3.67. The molecular formula is C12H15Cl2F3N2. The highest BCUT2D eigenvalue weighted by Gasteiger charge is 2.30. The third kappa shape index (κ3) is 6.47. The summed E-state index contributed by atoms with van der Waals surface area (Å²) in [4.78, 5) is 1.30. The first-order valence-electron chi connectivity index (χ1n) is 5.69. The highest BCUT2D eigenvalue weighted by Crippen LogP contribution is 2.24. The number of likely N-dealkylation sites (N-methyl/N-ethyl adjacent to an activating group) is 1. The molecule has 1 aromatic carbocycles. The van der Waals surface area contributed by atoms with Gasteiger partial charge in [0.25, 0.3) is 0 Å². The molecule has 0 saturated heterocycles. The highest BCUT2D eigenvalue weighted by molar-refractivity contribution is 6.35. The molecule has 0 aliphatic carbocycles. The van der Waals surface area contributed by atoms with Gasteiger partial charge in [-0.2, -0.15) is 13.2 Å². The van der Waals surface area contributed by atoms with E-state index in [1.165, 1.54) is 11.0 Å². The summed E-state index contributed by atoms with van der Waals surface area (Å²) < 4.78 is 37.5. The van der Waals surface area contributed by atoms with Crippen LogP contribution in [-0.2, 0) is 6.54 Å². The smallest absolute Gasteiger partial charge is 0.318 e. The van der Waals surface area contributed by atoms with Crippen molar-refractivity contribution >= 4 is 23.2 Å². The van der Waals surface area contributed by atoms with Crippen LogP contribution in [0.4, 0.5) is 13.2 Å². The molecule has 1 N–H and O–H groups in total. The van der Waals surface area contributed by atoms with Crippen molar-refractivity contribution in [3.05, 3.63) is 33.8 Å². The van der Waals surface area contributed by atoms with Crippen molar-refractivity contribution in [2.75, 3.05) is 26.7 Å². The largest absolute Gasteiger partial charge is 0.401 e. The standard InChI is InChI=1S/C12H15Cl2F3N2/c1-18-4-5-19(8-12(15,16)17)7-9-2-3-10(13)6-11(9)14/h2-3,6,18H,4-5,7-8H2,1H3. The highest BCUT2D eigenvalue weighted by atomic mass is 35.5. The molecule has 108 valence electrons. The first-order chi connectivity index (χ1) is 8.81. The SMILES string of the molecule is CNCCN(Cc1ccc(Cl)cc1Cl)CC(F)(F)F. The lowest BCUT2D eigenvalue weighted by atomic mass is 10.2. The van der Waals surface area contributed by atoms with Crippen molar-refractivity contribution in [2.45, 2.75) is 12.7 Å². The van der Waals surface area contributed by atoms with Gasteiger partial charge in [-0.15, -0.1) is 0 Å². The zero-order valence-corrected chi connectivity index (χ0v) is 11.9. The van der Waals surface area contributed by atoms with Gasteiger partial charge in [-0.25, -0.2) is 0 Å². The number of nitrogens with zero attached hydrogens (tertiary/aromatic N) is 1. The first kappa shape index (κ1) is 16.6. The Morgan fingerprint density at radius 1 is 1.26 bits per heavy atom. The van der Waals surface area contributed by atoms with Gasteiger partial charge in [-0.3, -0.25) is 4.90 Å². The Kier molecular flexibility index (Phi) is 6.39. The van der Waals surface area contributed by atoms with Gasteiger partial charge in [0.15, 0.2) is 0 Å². The number of hydrogen-bond acceptors (Lipinski definition) is 2. The minimum absolute atomic E-state index is 0.136. The Morgan fingerprint density at radius 2 is 1.95 bits per heavy atom. The molecule has 0 aliphatic heterocycles. The molecule has 0 aromatic heterocycles. The Morgan fingerprint density at radius 3 is 2.47 bits per heavy atom. The molecule has 0 radical (unpaired) electrons. The van der Waals surface area contributed by atoms with E-state index in [2.05, 4.69) is 5.32 Å². The maximum atomic E-state index is 12.5. The molecule has 19 heavy (non-hydrogen) atoms. The Hall–Kier alpha value is -0.490. The Bertz CT molecular complexity index is 410. The van der Waals surface area contributed by atoms with E-state index < -0.39 is 12.7 Å². The van der Waals surface area contributed by atoms with Crippen LogP contribution in [0.15, 0.2) is 18.2 Å². The van der Waals surface area contributed by atoms with Crippen LogP contribution < -0.4 is 5.32 Å². The first-order valence-corrected chi connectivity index (χ1v) is 6.45. The van der Waals surface area contributed by atoms with E-state index in [0.29, 0.717) is 22.2 Å². The number of alkyl halides is 3. The average Bonchev–Trinajstić information content (AvgIpc) is 2.27. The van der Waals surface area contributed by atoms with Crippen LogP contribution in [0.1, 0.15) is 5.56 Å². The van der Waals surface area contributed by atoms with Gasteiger partial charge in [0, 0.05) is 29.7 Å². The molecule has 0 spiro atoms. The maximum absolute atomic E-state index is 12.5. The molecule has 1 aromatic rings. The molecule has 2 nitrogen and oxygen atoms in total. The molecule has 0 saturated carbocycles. The van der Waals surface area contributed by atoms with E-state index >= 15 is 0 Å². The number of nitrogens with one attached hydrogen (secondary N) is 1. The predicted octanol–water partition coefficient (Wildman–Crippen LogP) is 3.58. The minimum atomic E-state index is -4.23. The normalized spacial score (nSPS) is 12.2. The van der Waals surface area contributed by atoms with Gasteiger partial charge < -0.3 is 5.32 Å². The minimum Gasteiger partial charge on any atom is -0.318 e. The van der Waals surface area contributed by atoms with Gasteiger partial charge in [-0.1, -0.05) is 29.3 Å². The second-order valence-electron chi connectivity index (χ2n) is 4.17. The monoisotopic (exact) mass is 314 g/mol. The second-order valence-corrected chi connectivity index (χ2v) is 5.01. The summed E-state index contributed by atoms with van der Waals surface area (Å²) in [6.45, 7) is -0.0684. The topological polar surface area (TPSA) is 15.3 Å². The lowest BCUT2D eigenvalue weighted by Gasteiger charge is -2.24. The maximum Gasteiger partial charge on any atom is 0.401 e. The van der Waals surface area contributed by atoms with Crippen molar-refractivity contribution in [2.24, 2.45) is 0 Å². The van der Waals surface area contributed by atoms with Crippen LogP contribution in [0.2, 0.25) is 10.0 Å². The molecule has 0 unspecified atom stereocenters. The van der Waals surface area contributed by atoms with Crippen molar-refractivity contribution in [3.8, 4) is 0 Å². The van der Waals surface area contributed by atoms with Gasteiger partial charge in [0.05, 0.1) is 6.54 Å². The van der Waals surface area contributed by atoms with Crippen LogP contribution >= 0.6 is 23.2 Å². The van der Waals surface area contributed by atoms with E-state index in [-0.39, 0.29) is 13.1 Å². The molecule has 0 bridgehead atoms. The van der Waals surface area contributed by atoms with Crippen LogP contribution in [0.5, 0.6) is 0 Å². The lowest BCUT2D eigenvalue weighted by Crippen LogP contribution is -2.37. The predicted molar refractivity (Wildman–Crippen MR) is 71.7 cm³/mol. The fourth-order valence-corrected chi connectivity index (χ4v) is 2.10. The summed E-state index contributed by atoms with van der Waals surface area (Å²) in [6, 6.07) is 4.79. The van der Waals surface area contributed by atoms with Crippen molar-refractivity contribution in [3.63, 3.8) is 0 Å². The van der Waals surface area contributed by atoms with Gasteiger partial charge in [-0.05, 0) is 24.7 Å². The van der Waals surface area contributed by atoms with Crippen molar-refractivity contribution in [1.29, 1.82) is 0 Å². The number of hydrogen-bond donors (Lipinski definition) is 1. The Labute approximate surface area is 120 Å². The second kappa shape index (κ2) is 7.33. The summed E-state index contributed by atoms with van der Waals surface area (Å²) in [6.07, 6.45) is -4.23. The number of benzene rings is 1. The molecular weight excluding hydrogens is 300 g/mol. The van der Waals surface area contributed by atoms with Gasteiger partial charge >= 0.3 is 6.18 Å². The van der Waals surface area contributed by atoms with Gasteiger partial charge in [0.2, 0.25) is 0 Å². The zero-order valence-electron chi connectivity index (χ0n) is 10.4. The van der Waals surface area contributed by atoms with Gasteiger partial charge in [0.1, 0.15) is 0 Å². The van der Waals surface area contributed by atoms with Crippen LogP contribution in [0, 0.1) is 0 Å². The zero-order chi connectivity index (χ0) is 14.5.